The molecule has 3 heterocycles. The first-order valence-electron chi connectivity index (χ1n) is 13.0. The average Bonchev–Trinajstić information content (AvgIpc) is 2.83. The summed E-state index contributed by atoms with van der Waals surface area (Å²) < 4.78 is 10.7. The van der Waals surface area contributed by atoms with Crippen LogP contribution in [0.15, 0.2) is 36.4 Å². The first kappa shape index (κ1) is 27.7. The maximum atomic E-state index is 11.8. The summed E-state index contributed by atoms with van der Waals surface area (Å²) in [7, 11) is 0. The van der Waals surface area contributed by atoms with Crippen LogP contribution in [0.1, 0.15) is 63.3 Å². The topological polar surface area (TPSA) is 84.9 Å². The molecule has 0 N–H and O–H groups in total. The second kappa shape index (κ2) is 14.0. The second-order valence-electron chi connectivity index (χ2n) is 10.0. The van der Waals surface area contributed by atoms with E-state index in [1.807, 2.05) is 27.7 Å². The van der Waals surface area contributed by atoms with Crippen LogP contribution in [0.4, 0.5) is 0 Å². The van der Waals surface area contributed by atoms with Crippen LogP contribution < -0.4 is 0 Å². The minimum absolute atomic E-state index is 0.111. The summed E-state index contributed by atoms with van der Waals surface area (Å²) in [5.74, 6) is -0.537. The van der Waals surface area contributed by atoms with Gasteiger partial charge in [-0.25, -0.2) is 0 Å². The van der Waals surface area contributed by atoms with Gasteiger partial charge in [0.05, 0.1) is 47.8 Å². The summed E-state index contributed by atoms with van der Waals surface area (Å²) in [6.45, 7) is 12.6. The van der Waals surface area contributed by atoms with Gasteiger partial charge in [-0.05, 0) is 37.1 Å². The third kappa shape index (κ3) is 9.32. The van der Waals surface area contributed by atoms with Gasteiger partial charge in [-0.1, -0.05) is 39.8 Å². The van der Waals surface area contributed by atoms with Crippen LogP contribution in [0.25, 0.3) is 0 Å². The number of hydrogen-bond donors (Lipinski definition) is 0. The van der Waals surface area contributed by atoms with E-state index in [-0.39, 0.29) is 23.8 Å². The Hall–Kier alpha value is -2.84. The van der Waals surface area contributed by atoms with Crippen molar-refractivity contribution < 1.29 is 19.1 Å². The smallest absolute Gasteiger partial charge is 0.308 e. The van der Waals surface area contributed by atoms with E-state index in [1.54, 1.807) is 0 Å². The Morgan fingerprint density at radius 2 is 1.03 bits per heavy atom. The van der Waals surface area contributed by atoms with Crippen LogP contribution in [0.3, 0.4) is 0 Å². The molecule has 0 aromatic carbocycles. The minimum atomic E-state index is -0.157. The number of carbonyl (C=O) groups is 2. The lowest BCUT2D eigenvalue weighted by atomic mass is 10.2. The molecule has 196 valence electrons. The highest BCUT2D eigenvalue weighted by atomic mass is 16.5. The number of pyridine rings is 2. The number of ether oxygens (including phenoxy) is 2. The fraction of sp³-hybridized carbons (Fsp3) is 0.571. The van der Waals surface area contributed by atoms with Gasteiger partial charge in [0.25, 0.3) is 0 Å². The van der Waals surface area contributed by atoms with Crippen LogP contribution in [0, 0.1) is 11.8 Å². The predicted octanol–water partition coefficient (Wildman–Crippen LogP) is 3.97. The van der Waals surface area contributed by atoms with Crippen molar-refractivity contribution in [3.63, 3.8) is 0 Å². The lowest BCUT2D eigenvalue weighted by Crippen LogP contribution is -2.29. The molecule has 0 aliphatic carbocycles. The van der Waals surface area contributed by atoms with E-state index in [2.05, 4.69) is 46.2 Å². The second-order valence-corrected chi connectivity index (χ2v) is 10.0. The zero-order valence-electron chi connectivity index (χ0n) is 22.1. The van der Waals surface area contributed by atoms with Crippen LogP contribution >= 0.6 is 0 Å². The van der Waals surface area contributed by atoms with Gasteiger partial charge in [-0.3, -0.25) is 29.4 Å². The summed E-state index contributed by atoms with van der Waals surface area (Å²) in [5, 5.41) is 0. The summed E-state index contributed by atoms with van der Waals surface area (Å²) in [6.07, 6.45) is 1.51. The summed E-state index contributed by atoms with van der Waals surface area (Å²) >= 11 is 0. The molecule has 1 aliphatic rings. The largest absolute Gasteiger partial charge is 0.465 e. The zero-order valence-corrected chi connectivity index (χ0v) is 22.1. The predicted molar refractivity (Wildman–Crippen MR) is 138 cm³/mol. The minimum Gasteiger partial charge on any atom is -0.465 e. The Balaban J connectivity index is 1.67. The third-order valence-electron chi connectivity index (χ3n) is 5.94. The molecule has 1 aliphatic heterocycles. The maximum Gasteiger partial charge on any atom is 0.308 e. The molecular weight excluding hydrogens is 456 g/mol. The van der Waals surface area contributed by atoms with Crippen molar-refractivity contribution in [1.82, 2.24) is 19.8 Å². The highest BCUT2D eigenvalue weighted by molar-refractivity contribution is 5.71. The van der Waals surface area contributed by atoms with Gasteiger partial charge < -0.3 is 9.47 Å². The van der Waals surface area contributed by atoms with E-state index in [1.165, 1.54) is 0 Å². The number of carbonyl (C=O) groups excluding carboxylic acids is 2. The Morgan fingerprint density at radius 3 is 1.33 bits per heavy atom. The Morgan fingerprint density at radius 1 is 0.694 bits per heavy atom. The van der Waals surface area contributed by atoms with Crippen molar-refractivity contribution in [3.8, 4) is 0 Å². The molecule has 0 fully saturated rings. The number of nitrogens with zero attached hydrogens (tertiary/aromatic N) is 4. The van der Waals surface area contributed by atoms with Gasteiger partial charge in [-0.2, -0.15) is 0 Å². The molecule has 3 rings (SSSR count). The molecule has 36 heavy (non-hydrogen) atoms. The molecule has 8 heteroatoms. The average molecular weight is 497 g/mol. The van der Waals surface area contributed by atoms with Crippen LogP contribution in [0.2, 0.25) is 0 Å². The molecule has 0 radical (unpaired) electrons. The molecule has 0 atom stereocenters. The molecule has 4 bridgehead atoms. The highest BCUT2D eigenvalue weighted by Crippen LogP contribution is 2.15. The molecule has 0 amide bonds. The molecule has 2 aromatic heterocycles. The Kier molecular flexibility index (Phi) is 10.8. The van der Waals surface area contributed by atoms with Gasteiger partial charge in [-0.15, -0.1) is 0 Å². The Bertz CT molecular complexity index is 873. The lowest BCUT2D eigenvalue weighted by Gasteiger charge is -2.25. The summed E-state index contributed by atoms with van der Waals surface area (Å²) in [5.41, 5.74) is 4.03. The van der Waals surface area contributed by atoms with E-state index < -0.39 is 0 Å². The molecule has 8 nitrogen and oxygen atoms in total. The molecular formula is C28H40N4O4. The zero-order chi connectivity index (χ0) is 25.9. The van der Waals surface area contributed by atoms with Crippen molar-refractivity contribution in [2.24, 2.45) is 11.8 Å². The number of rotatable bonds is 10. The SMILES string of the molecule is CC(C)C(=O)OCCCN1Cc2cccc(n2)CN(CCCOC(=O)C(C)C)Cc2cccc(n2)C1. The number of hydrogen-bond acceptors (Lipinski definition) is 8. The van der Waals surface area contributed by atoms with Crippen molar-refractivity contribution in [2.75, 3.05) is 26.3 Å². The standard InChI is InChI=1S/C28H40N4O4/c1-21(2)27(33)35-15-7-13-31-17-23-9-5-11-25(29-23)19-32(14-8-16-36-28(34)22(3)4)20-26-12-6-10-24(18-31)30-26/h5-6,9-12,21-22H,7-8,13-20H2,1-4H3. The van der Waals surface area contributed by atoms with Crippen molar-refractivity contribution in [1.29, 1.82) is 0 Å². The van der Waals surface area contributed by atoms with Crippen LogP contribution in [-0.4, -0.2) is 58.0 Å². The van der Waals surface area contributed by atoms with Gasteiger partial charge in [0.15, 0.2) is 0 Å². The van der Waals surface area contributed by atoms with E-state index in [0.717, 1.165) is 48.7 Å². The molecule has 2 aromatic rings. The van der Waals surface area contributed by atoms with E-state index in [9.17, 15) is 9.59 Å². The highest BCUT2D eigenvalue weighted by Gasteiger charge is 2.16. The third-order valence-corrected chi connectivity index (χ3v) is 5.94. The Labute approximate surface area is 215 Å². The quantitative estimate of drug-likeness (QED) is 0.361. The maximum absolute atomic E-state index is 11.8. The fourth-order valence-electron chi connectivity index (χ4n) is 4.01. The van der Waals surface area contributed by atoms with Gasteiger partial charge in [0.2, 0.25) is 0 Å². The molecule has 0 spiro atoms. The number of esters is 2. The molecule has 0 saturated carbocycles. The molecule has 0 saturated heterocycles. The first-order valence-corrected chi connectivity index (χ1v) is 13.0. The summed E-state index contributed by atoms with van der Waals surface area (Å²) in [4.78, 5) is 38.0. The lowest BCUT2D eigenvalue weighted by molar-refractivity contribution is -0.148. The monoisotopic (exact) mass is 496 g/mol. The number of fused-ring (bicyclic) bond motifs is 4. The van der Waals surface area contributed by atoms with Gasteiger partial charge in [0.1, 0.15) is 0 Å². The molecule has 0 unspecified atom stereocenters. The van der Waals surface area contributed by atoms with Crippen molar-refractivity contribution in [2.45, 2.75) is 66.7 Å². The van der Waals surface area contributed by atoms with E-state index >= 15 is 0 Å². The summed E-state index contributed by atoms with van der Waals surface area (Å²) in [6, 6.07) is 12.3. The van der Waals surface area contributed by atoms with Crippen LogP contribution in [-0.2, 0) is 45.2 Å². The fourth-order valence-corrected chi connectivity index (χ4v) is 4.01. The van der Waals surface area contributed by atoms with Crippen LogP contribution in [0.5, 0.6) is 0 Å². The van der Waals surface area contributed by atoms with E-state index in [0.29, 0.717) is 39.4 Å². The number of aromatic nitrogens is 2. The first-order chi connectivity index (χ1) is 17.3. The van der Waals surface area contributed by atoms with Gasteiger partial charge in [0, 0.05) is 39.3 Å². The van der Waals surface area contributed by atoms with Crippen molar-refractivity contribution >= 4 is 11.9 Å². The normalized spacial score (nSPS) is 14.8. The van der Waals surface area contributed by atoms with Crippen molar-refractivity contribution in [3.05, 3.63) is 59.2 Å². The van der Waals surface area contributed by atoms with Gasteiger partial charge >= 0.3 is 11.9 Å². The van der Waals surface area contributed by atoms with E-state index in [4.69, 9.17) is 19.4 Å².